The zero-order chi connectivity index (χ0) is 24.2. The minimum absolute atomic E-state index is 0.0423. The molecule has 0 atom stereocenters. The number of pyridine rings is 1. The highest BCUT2D eigenvalue weighted by Gasteiger charge is 2.31. The number of nitrogens with zero attached hydrogens (tertiary/aromatic N) is 5. The molecule has 180 valence electrons. The maximum absolute atomic E-state index is 13.4. The molecule has 3 aromatic heterocycles. The molecule has 6 rings (SSSR count). The molecule has 0 radical (unpaired) electrons. The summed E-state index contributed by atoms with van der Waals surface area (Å²) in [6.45, 7) is 8.33. The van der Waals surface area contributed by atoms with Gasteiger partial charge in [0.05, 0.1) is 11.7 Å². The highest BCUT2D eigenvalue weighted by Crippen LogP contribution is 2.36. The van der Waals surface area contributed by atoms with E-state index in [0.29, 0.717) is 17.0 Å². The van der Waals surface area contributed by atoms with Gasteiger partial charge in [0.25, 0.3) is 5.56 Å². The quantitative estimate of drug-likeness (QED) is 0.461. The number of anilines is 2. The smallest absolute Gasteiger partial charge is 0.278 e. The molecule has 0 bridgehead atoms. The van der Waals surface area contributed by atoms with Crippen LogP contribution in [0.2, 0.25) is 0 Å². The standard InChI is InChI=1S/C27H31N7O/c1-27(2,3)23-14-21(10-12-29-23)33-24-22(25(35)34(33)20-8-9-20)16-30-26(32-24)31-19-7-6-17-5-4-11-28-15-18(17)13-19/h6-7,10,12-14,16,20,28H,4-5,8-9,11,15H2,1-3H3,(H,30,31,32). The van der Waals surface area contributed by atoms with E-state index >= 15 is 0 Å². The van der Waals surface area contributed by atoms with Crippen molar-refractivity contribution < 1.29 is 0 Å². The highest BCUT2D eigenvalue weighted by molar-refractivity contribution is 5.77. The molecule has 0 amide bonds. The van der Waals surface area contributed by atoms with E-state index in [1.807, 2.05) is 21.6 Å². The van der Waals surface area contributed by atoms with Gasteiger partial charge in [0, 0.05) is 35.7 Å². The van der Waals surface area contributed by atoms with E-state index in [1.54, 1.807) is 6.20 Å². The molecule has 1 aliphatic heterocycles. The Balaban J connectivity index is 1.45. The van der Waals surface area contributed by atoms with Gasteiger partial charge in [0.2, 0.25) is 5.95 Å². The Hall–Kier alpha value is -3.52. The Morgan fingerprint density at radius 1 is 1.09 bits per heavy atom. The lowest BCUT2D eigenvalue weighted by atomic mass is 9.91. The molecule has 1 fully saturated rings. The first kappa shape index (κ1) is 22.0. The zero-order valence-electron chi connectivity index (χ0n) is 20.5. The molecule has 4 aromatic rings. The topological polar surface area (TPSA) is 89.7 Å². The van der Waals surface area contributed by atoms with Crippen molar-refractivity contribution in [3.05, 3.63) is 69.9 Å². The molecule has 2 aliphatic rings. The summed E-state index contributed by atoms with van der Waals surface area (Å²) in [5.41, 5.74) is 5.96. The van der Waals surface area contributed by atoms with Gasteiger partial charge in [0.1, 0.15) is 5.39 Å². The molecule has 35 heavy (non-hydrogen) atoms. The summed E-state index contributed by atoms with van der Waals surface area (Å²) < 4.78 is 3.80. The molecule has 0 spiro atoms. The van der Waals surface area contributed by atoms with Crippen molar-refractivity contribution in [2.45, 2.75) is 64.5 Å². The molecule has 1 aromatic carbocycles. The van der Waals surface area contributed by atoms with E-state index in [-0.39, 0.29) is 17.0 Å². The van der Waals surface area contributed by atoms with E-state index in [4.69, 9.17) is 4.98 Å². The minimum Gasteiger partial charge on any atom is -0.324 e. The predicted octanol–water partition coefficient (Wildman–Crippen LogP) is 4.39. The van der Waals surface area contributed by atoms with Crippen molar-refractivity contribution in [1.82, 2.24) is 29.6 Å². The summed E-state index contributed by atoms with van der Waals surface area (Å²) in [5.74, 6) is 0.478. The summed E-state index contributed by atoms with van der Waals surface area (Å²) in [4.78, 5) is 27.3. The van der Waals surface area contributed by atoms with Crippen LogP contribution in [0.3, 0.4) is 0 Å². The molecule has 1 saturated carbocycles. The third-order valence-electron chi connectivity index (χ3n) is 6.85. The van der Waals surface area contributed by atoms with Crippen LogP contribution in [-0.4, -0.2) is 30.9 Å². The van der Waals surface area contributed by atoms with Crippen LogP contribution in [-0.2, 0) is 18.4 Å². The number of nitrogens with one attached hydrogen (secondary N) is 2. The summed E-state index contributed by atoms with van der Waals surface area (Å²) in [7, 11) is 0. The molecular formula is C27H31N7O. The maximum atomic E-state index is 13.4. The second-order valence-corrected chi connectivity index (χ2v) is 10.7. The highest BCUT2D eigenvalue weighted by atomic mass is 16.1. The van der Waals surface area contributed by atoms with Gasteiger partial charge in [0.15, 0.2) is 5.65 Å². The van der Waals surface area contributed by atoms with Crippen LogP contribution in [0, 0.1) is 0 Å². The van der Waals surface area contributed by atoms with Gasteiger partial charge in [-0.15, -0.1) is 0 Å². The molecule has 8 heteroatoms. The summed E-state index contributed by atoms with van der Waals surface area (Å²) >= 11 is 0. The number of hydrogen-bond donors (Lipinski definition) is 2. The largest absolute Gasteiger partial charge is 0.324 e. The molecule has 8 nitrogen and oxygen atoms in total. The van der Waals surface area contributed by atoms with E-state index in [9.17, 15) is 4.79 Å². The van der Waals surface area contributed by atoms with Gasteiger partial charge >= 0.3 is 0 Å². The van der Waals surface area contributed by atoms with Crippen LogP contribution in [0.1, 0.15) is 62.9 Å². The van der Waals surface area contributed by atoms with Crippen molar-refractivity contribution in [3.63, 3.8) is 0 Å². The number of aromatic nitrogens is 5. The van der Waals surface area contributed by atoms with Crippen LogP contribution in [0.25, 0.3) is 16.7 Å². The normalized spacial score (nSPS) is 16.2. The lowest BCUT2D eigenvalue weighted by molar-refractivity contribution is 0.549. The van der Waals surface area contributed by atoms with Gasteiger partial charge in [-0.25, -0.2) is 14.3 Å². The number of aryl methyl sites for hydroxylation is 1. The van der Waals surface area contributed by atoms with Crippen molar-refractivity contribution >= 4 is 22.7 Å². The Labute approximate surface area is 204 Å². The minimum atomic E-state index is -0.106. The maximum Gasteiger partial charge on any atom is 0.278 e. The Bertz CT molecular complexity index is 1470. The number of fused-ring (bicyclic) bond motifs is 2. The molecule has 0 unspecified atom stereocenters. The first-order valence-electron chi connectivity index (χ1n) is 12.5. The Kier molecular flexibility index (Phi) is 5.21. The Morgan fingerprint density at radius 3 is 2.74 bits per heavy atom. The van der Waals surface area contributed by atoms with Crippen LogP contribution in [0.15, 0.2) is 47.5 Å². The third-order valence-corrected chi connectivity index (χ3v) is 6.85. The summed E-state index contributed by atoms with van der Waals surface area (Å²) in [5, 5.41) is 7.38. The first-order valence-corrected chi connectivity index (χ1v) is 12.5. The van der Waals surface area contributed by atoms with Crippen LogP contribution in [0.5, 0.6) is 0 Å². The predicted molar refractivity (Wildman–Crippen MR) is 138 cm³/mol. The average molecular weight is 470 g/mol. The van der Waals surface area contributed by atoms with Gasteiger partial charge < -0.3 is 10.6 Å². The molecule has 1 aliphatic carbocycles. The SMILES string of the molecule is CC(C)(C)c1cc(-n2c3nc(Nc4ccc5c(c4)CNCCC5)ncc3c(=O)n2C2CC2)ccn1. The van der Waals surface area contributed by atoms with E-state index in [1.165, 1.54) is 11.1 Å². The van der Waals surface area contributed by atoms with Crippen molar-refractivity contribution in [2.24, 2.45) is 0 Å². The van der Waals surface area contributed by atoms with Gasteiger partial charge in [-0.3, -0.25) is 9.78 Å². The molecule has 4 heterocycles. The van der Waals surface area contributed by atoms with Crippen molar-refractivity contribution in [3.8, 4) is 5.69 Å². The summed E-state index contributed by atoms with van der Waals surface area (Å²) in [6.07, 6.45) is 7.70. The summed E-state index contributed by atoms with van der Waals surface area (Å²) in [6, 6.07) is 10.6. The zero-order valence-corrected chi connectivity index (χ0v) is 20.5. The van der Waals surface area contributed by atoms with E-state index < -0.39 is 0 Å². The number of benzene rings is 1. The van der Waals surface area contributed by atoms with Crippen molar-refractivity contribution in [2.75, 3.05) is 11.9 Å². The first-order chi connectivity index (χ1) is 16.9. The van der Waals surface area contributed by atoms with Crippen LogP contribution < -0.4 is 16.2 Å². The fourth-order valence-electron chi connectivity index (χ4n) is 4.79. The molecule has 2 N–H and O–H groups in total. The molecular weight excluding hydrogens is 438 g/mol. The van der Waals surface area contributed by atoms with Crippen molar-refractivity contribution in [1.29, 1.82) is 0 Å². The number of rotatable bonds is 4. The average Bonchev–Trinajstić information content (AvgIpc) is 3.66. The second-order valence-electron chi connectivity index (χ2n) is 10.7. The monoisotopic (exact) mass is 469 g/mol. The second kappa shape index (κ2) is 8.30. The van der Waals surface area contributed by atoms with Gasteiger partial charge in [-0.1, -0.05) is 26.8 Å². The van der Waals surface area contributed by atoms with E-state index in [2.05, 4.69) is 65.6 Å². The van der Waals surface area contributed by atoms with Crippen LogP contribution in [0.4, 0.5) is 11.6 Å². The van der Waals surface area contributed by atoms with Crippen LogP contribution >= 0.6 is 0 Å². The van der Waals surface area contributed by atoms with E-state index in [0.717, 1.165) is 55.8 Å². The Morgan fingerprint density at radius 2 is 1.94 bits per heavy atom. The fraction of sp³-hybridized carbons (Fsp3) is 0.407. The van der Waals surface area contributed by atoms with Gasteiger partial charge in [-0.05, 0) is 67.6 Å². The molecule has 0 saturated heterocycles. The van der Waals surface area contributed by atoms with Gasteiger partial charge in [-0.2, -0.15) is 4.98 Å². The fourth-order valence-corrected chi connectivity index (χ4v) is 4.79. The lowest BCUT2D eigenvalue weighted by Gasteiger charge is -2.19. The lowest BCUT2D eigenvalue weighted by Crippen LogP contribution is -2.22. The third kappa shape index (κ3) is 4.12. The number of hydrogen-bond acceptors (Lipinski definition) is 6.